The van der Waals surface area contributed by atoms with Crippen molar-refractivity contribution in [3.63, 3.8) is 0 Å². The zero-order valence-corrected chi connectivity index (χ0v) is 17.4. The van der Waals surface area contributed by atoms with E-state index in [2.05, 4.69) is 25.3 Å². The minimum Gasteiger partial charge on any atom is -0.351 e. The molecule has 0 radical (unpaired) electrons. The van der Waals surface area contributed by atoms with Crippen molar-refractivity contribution < 1.29 is 4.79 Å². The summed E-state index contributed by atoms with van der Waals surface area (Å²) < 4.78 is 0. The summed E-state index contributed by atoms with van der Waals surface area (Å²) in [6, 6.07) is 8.83. The molecule has 0 saturated heterocycles. The van der Waals surface area contributed by atoms with E-state index in [9.17, 15) is 9.59 Å². The molecular formula is C19H19ClN6O2S. The number of carbonyl (C=O) groups excluding carboxylic acids is 1. The summed E-state index contributed by atoms with van der Waals surface area (Å²) in [6.45, 7) is 1.26. The monoisotopic (exact) mass is 430 g/mol. The summed E-state index contributed by atoms with van der Waals surface area (Å²) in [6.07, 6.45) is 0. The number of hydrogen-bond donors (Lipinski definition) is 4. The van der Waals surface area contributed by atoms with E-state index in [1.165, 1.54) is 11.8 Å². The molecule has 2 aromatic carbocycles. The van der Waals surface area contributed by atoms with Crippen LogP contribution >= 0.6 is 23.4 Å². The third kappa shape index (κ3) is 4.31. The van der Waals surface area contributed by atoms with Crippen molar-refractivity contribution in [3.05, 3.63) is 51.4 Å². The zero-order valence-electron chi connectivity index (χ0n) is 15.8. The molecule has 29 heavy (non-hydrogen) atoms. The number of likely N-dealkylation sites (N-methyl/N-ethyl adjacent to an activating group) is 1. The number of nitrogens with one attached hydrogen (secondary N) is 4. The number of rotatable bonds is 6. The summed E-state index contributed by atoms with van der Waals surface area (Å²) in [5, 5.41) is 4.14. The molecule has 0 aliphatic heterocycles. The van der Waals surface area contributed by atoms with Crippen LogP contribution < -0.4 is 11.0 Å². The minimum atomic E-state index is -0.330. The Labute approximate surface area is 175 Å². The Morgan fingerprint density at radius 2 is 2.00 bits per heavy atom. The molecule has 150 valence electrons. The van der Waals surface area contributed by atoms with Crippen LogP contribution in [0.4, 0.5) is 0 Å². The fourth-order valence-corrected chi connectivity index (χ4v) is 4.06. The second kappa shape index (κ2) is 7.94. The summed E-state index contributed by atoms with van der Waals surface area (Å²) in [7, 11) is 3.88. The maximum Gasteiger partial charge on any atom is 0.323 e. The maximum absolute atomic E-state index is 12.6. The highest BCUT2D eigenvalue weighted by atomic mass is 35.5. The Morgan fingerprint density at radius 1 is 1.17 bits per heavy atom. The molecule has 0 aliphatic rings. The van der Waals surface area contributed by atoms with Crippen molar-refractivity contribution in [1.82, 2.24) is 30.2 Å². The van der Waals surface area contributed by atoms with E-state index < -0.39 is 0 Å². The Balaban J connectivity index is 1.68. The molecule has 0 unspecified atom stereocenters. The first-order chi connectivity index (χ1) is 13.9. The van der Waals surface area contributed by atoms with Gasteiger partial charge in [-0.25, -0.2) is 9.78 Å². The van der Waals surface area contributed by atoms with E-state index in [4.69, 9.17) is 11.6 Å². The molecule has 0 fully saturated rings. The number of aromatic amines is 3. The van der Waals surface area contributed by atoms with Crippen molar-refractivity contribution in [2.75, 3.05) is 27.2 Å². The van der Waals surface area contributed by atoms with Crippen LogP contribution in [0.3, 0.4) is 0 Å². The number of imidazole rings is 2. The fourth-order valence-electron chi connectivity index (χ4n) is 2.93. The first-order valence-corrected chi connectivity index (χ1v) is 10.1. The lowest BCUT2D eigenvalue weighted by Crippen LogP contribution is -2.31. The van der Waals surface area contributed by atoms with E-state index in [0.29, 0.717) is 38.2 Å². The normalized spacial score (nSPS) is 11.6. The van der Waals surface area contributed by atoms with Gasteiger partial charge in [-0.05, 0) is 56.2 Å². The lowest BCUT2D eigenvalue weighted by molar-refractivity contribution is 0.0951. The fraction of sp³-hybridized carbons (Fsp3) is 0.211. The molecule has 0 atom stereocenters. The SMILES string of the molecule is CN(C)CCNC(=O)c1cc(Sc2nc3ccc(Cl)cc3[nH]2)c2[nH]c(=O)[nH]c2c1. The van der Waals surface area contributed by atoms with Gasteiger partial charge in [0.1, 0.15) is 0 Å². The predicted molar refractivity (Wildman–Crippen MR) is 115 cm³/mol. The lowest BCUT2D eigenvalue weighted by Gasteiger charge is -2.11. The molecule has 0 spiro atoms. The number of nitrogens with zero attached hydrogens (tertiary/aromatic N) is 2. The van der Waals surface area contributed by atoms with E-state index in [0.717, 1.165) is 17.6 Å². The molecule has 2 heterocycles. The van der Waals surface area contributed by atoms with Crippen molar-refractivity contribution in [3.8, 4) is 0 Å². The van der Waals surface area contributed by atoms with Crippen LogP contribution in [0, 0.1) is 0 Å². The summed E-state index contributed by atoms with van der Waals surface area (Å²) in [4.78, 5) is 40.4. The van der Waals surface area contributed by atoms with Crippen LogP contribution in [0.15, 0.2) is 45.2 Å². The van der Waals surface area contributed by atoms with Crippen molar-refractivity contribution in [1.29, 1.82) is 0 Å². The standard InChI is InChI=1S/C19H19ClN6O2S/c1-26(2)6-5-21-17(27)10-7-14-16(25-18(28)22-14)15(8-10)29-19-23-12-4-3-11(20)9-13(12)24-19/h3-4,7-9H,5-6H2,1-2H3,(H,21,27)(H,23,24)(H2,22,25,28). The van der Waals surface area contributed by atoms with Crippen LogP contribution in [0.5, 0.6) is 0 Å². The van der Waals surface area contributed by atoms with Gasteiger partial charge in [-0.15, -0.1) is 0 Å². The average molecular weight is 431 g/mol. The maximum atomic E-state index is 12.6. The van der Waals surface area contributed by atoms with Gasteiger partial charge in [-0.1, -0.05) is 11.6 Å². The van der Waals surface area contributed by atoms with Crippen LogP contribution in [0.1, 0.15) is 10.4 Å². The van der Waals surface area contributed by atoms with Gasteiger partial charge in [0.25, 0.3) is 5.91 Å². The van der Waals surface area contributed by atoms with Gasteiger partial charge in [0.15, 0.2) is 5.16 Å². The van der Waals surface area contributed by atoms with Gasteiger partial charge >= 0.3 is 5.69 Å². The van der Waals surface area contributed by atoms with Crippen LogP contribution in [0.25, 0.3) is 22.1 Å². The Hall–Kier alpha value is -2.75. The van der Waals surface area contributed by atoms with Gasteiger partial charge in [-0.2, -0.15) is 0 Å². The highest BCUT2D eigenvalue weighted by molar-refractivity contribution is 7.99. The van der Waals surface area contributed by atoms with Gasteiger partial charge in [0, 0.05) is 28.6 Å². The minimum absolute atomic E-state index is 0.200. The van der Waals surface area contributed by atoms with Gasteiger partial charge in [-0.3, -0.25) is 4.79 Å². The number of amides is 1. The van der Waals surface area contributed by atoms with Crippen molar-refractivity contribution in [2.24, 2.45) is 0 Å². The quantitative estimate of drug-likeness (QED) is 0.376. The molecule has 4 N–H and O–H groups in total. The second-order valence-corrected chi connectivity index (χ2v) is 8.31. The van der Waals surface area contributed by atoms with Gasteiger partial charge in [0.2, 0.25) is 0 Å². The predicted octanol–water partition coefficient (Wildman–Crippen LogP) is 2.83. The van der Waals surface area contributed by atoms with Crippen molar-refractivity contribution in [2.45, 2.75) is 10.1 Å². The Morgan fingerprint density at radius 3 is 2.79 bits per heavy atom. The third-order valence-corrected chi connectivity index (χ3v) is 5.49. The first kappa shape index (κ1) is 19.6. The lowest BCUT2D eigenvalue weighted by atomic mass is 10.2. The molecule has 8 nitrogen and oxygen atoms in total. The average Bonchev–Trinajstić information content (AvgIpc) is 3.22. The van der Waals surface area contributed by atoms with Crippen molar-refractivity contribution >= 4 is 51.3 Å². The summed E-state index contributed by atoms with van der Waals surface area (Å²) in [5.41, 5.74) is 2.93. The molecule has 0 aliphatic carbocycles. The zero-order chi connectivity index (χ0) is 20.5. The summed E-state index contributed by atoms with van der Waals surface area (Å²) >= 11 is 7.37. The van der Waals surface area contributed by atoms with E-state index in [1.807, 2.05) is 25.1 Å². The largest absolute Gasteiger partial charge is 0.351 e. The number of halogens is 1. The number of hydrogen-bond acceptors (Lipinski definition) is 5. The topological polar surface area (TPSA) is 110 Å². The number of H-pyrrole nitrogens is 3. The van der Waals surface area contributed by atoms with E-state index in [-0.39, 0.29) is 11.6 Å². The molecule has 1 amide bonds. The molecule has 4 aromatic rings. The molecule has 0 bridgehead atoms. The first-order valence-electron chi connectivity index (χ1n) is 8.91. The molecular weight excluding hydrogens is 412 g/mol. The second-order valence-electron chi connectivity index (χ2n) is 6.84. The van der Waals surface area contributed by atoms with Gasteiger partial charge in [0.05, 0.1) is 22.1 Å². The smallest absolute Gasteiger partial charge is 0.323 e. The molecule has 0 saturated carbocycles. The number of fused-ring (bicyclic) bond motifs is 2. The highest BCUT2D eigenvalue weighted by Crippen LogP contribution is 2.33. The Bertz CT molecular complexity index is 1260. The van der Waals surface area contributed by atoms with E-state index in [1.54, 1.807) is 24.3 Å². The van der Waals surface area contributed by atoms with Crippen LogP contribution in [0.2, 0.25) is 5.02 Å². The molecule has 2 aromatic heterocycles. The van der Waals surface area contributed by atoms with Crippen LogP contribution in [-0.2, 0) is 0 Å². The highest BCUT2D eigenvalue weighted by Gasteiger charge is 2.15. The van der Waals surface area contributed by atoms with Crippen LogP contribution in [-0.4, -0.2) is 57.9 Å². The Kier molecular flexibility index (Phi) is 5.35. The van der Waals surface area contributed by atoms with E-state index >= 15 is 0 Å². The van der Waals surface area contributed by atoms with Gasteiger partial charge < -0.3 is 25.2 Å². The summed E-state index contributed by atoms with van der Waals surface area (Å²) in [5.74, 6) is -0.200. The number of benzene rings is 2. The third-order valence-electron chi connectivity index (χ3n) is 4.32. The number of aromatic nitrogens is 4. The number of carbonyl (C=O) groups is 1. The molecule has 4 rings (SSSR count). The molecule has 10 heteroatoms.